The van der Waals surface area contributed by atoms with E-state index >= 15 is 0 Å². The van der Waals surface area contributed by atoms with Crippen LogP contribution < -0.4 is 5.32 Å². The van der Waals surface area contributed by atoms with Crippen molar-refractivity contribution in [3.8, 4) is 0 Å². The van der Waals surface area contributed by atoms with Gasteiger partial charge in [-0.2, -0.15) is 0 Å². The van der Waals surface area contributed by atoms with Crippen molar-refractivity contribution in [1.82, 2.24) is 10.2 Å². The summed E-state index contributed by atoms with van der Waals surface area (Å²) in [6, 6.07) is 11.0. The third-order valence-electron chi connectivity index (χ3n) is 4.20. The third kappa shape index (κ3) is 5.80. The molecule has 1 N–H and O–H groups in total. The monoisotopic (exact) mass is 302 g/mol. The first kappa shape index (κ1) is 17.0. The predicted octanol–water partition coefficient (Wildman–Crippen LogP) is 3.25. The normalized spacial score (nSPS) is 17.4. The van der Waals surface area contributed by atoms with Crippen LogP contribution in [0, 0.1) is 5.41 Å². The molecule has 1 aromatic rings. The molecule has 1 aliphatic heterocycles. The highest BCUT2D eigenvalue weighted by Gasteiger charge is 2.23. The molecule has 0 radical (unpaired) electrons. The van der Waals surface area contributed by atoms with Gasteiger partial charge in [0.25, 0.3) is 0 Å². The van der Waals surface area contributed by atoms with Gasteiger partial charge in [0.05, 0.1) is 0 Å². The highest BCUT2D eigenvalue weighted by atomic mass is 16.1. The number of rotatable bonds is 6. The lowest BCUT2D eigenvalue weighted by Gasteiger charge is -2.28. The molecule has 1 heterocycles. The van der Waals surface area contributed by atoms with Gasteiger partial charge in [-0.1, -0.05) is 51.1 Å². The standard InChI is InChI=1S/C19H30N2O/c1-19(2,3)14-18(22)20-15-17(21-11-7-8-12-21)13-16-9-5-4-6-10-16/h4-6,9-10,17H,7-8,11-15H2,1-3H3,(H,20,22). The van der Waals surface area contributed by atoms with E-state index in [1.807, 2.05) is 0 Å². The molecule has 1 fully saturated rings. The minimum Gasteiger partial charge on any atom is -0.355 e. The second kappa shape index (κ2) is 7.77. The molecule has 22 heavy (non-hydrogen) atoms. The zero-order valence-corrected chi connectivity index (χ0v) is 14.3. The SMILES string of the molecule is CC(C)(C)CC(=O)NCC(Cc1ccccc1)N1CCCC1. The van der Waals surface area contributed by atoms with Gasteiger partial charge in [0.2, 0.25) is 5.91 Å². The van der Waals surface area contributed by atoms with Gasteiger partial charge in [0.15, 0.2) is 0 Å². The van der Waals surface area contributed by atoms with E-state index < -0.39 is 0 Å². The summed E-state index contributed by atoms with van der Waals surface area (Å²) in [6.07, 6.45) is 4.16. The van der Waals surface area contributed by atoms with Gasteiger partial charge < -0.3 is 5.32 Å². The van der Waals surface area contributed by atoms with E-state index in [1.165, 1.54) is 18.4 Å². The Morgan fingerprint density at radius 2 is 1.82 bits per heavy atom. The molecule has 0 aromatic heterocycles. The number of nitrogens with zero attached hydrogens (tertiary/aromatic N) is 1. The van der Waals surface area contributed by atoms with Crippen LogP contribution >= 0.6 is 0 Å². The van der Waals surface area contributed by atoms with Crippen molar-refractivity contribution in [2.24, 2.45) is 5.41 Å². The first-order valence-electron chi connectivity index (χ1n) is 8.49. The molecule has 122 valence electrons. The van der Waals surface area contributed by atoms with Crippen molar-refractivity contribution in [1.29, 1.82) is 0 Å². The van der Waals surface area contributed by atoms with Gasteiger partial charge in [0.1, 0.15) is 0 Å². The summed E-state index contributed by atoms with van der Waals surface area (Å²) in [5, 5.41) is 3.16. The second-order valence-corrected chi connectivity index (χ2v) is 7.63. The van der Waals surface area contributed by atoms with E-state index in [9.17, 15) is 4.79 Å². The molecule has 0 saturated carbocycles. The number of likely N-dealkylation sites (tertiary alicyclic amines) is 1. The molecule has 0 bridgehead atoms. The summed E-state index contributed by atoms with van der Waals surface area (Å²) < 4.78 is 0. The van der Waals surface area contributed by atoms with E-state index in [2.05, 4.69) is 61.3 Å². The molecule has 3 heteroatoms. The Kier molecular flexibility index (Phi) is 6.01. The van der Waals surface area contributed by atoms with Crippen LogP contribution in [0.1, 0.15) is 45.6 Å². The number of carbonyl (C=O) groups is 1. The third-order valence-corrected chi connectivity index (χ3v) is 4.20. The number of carbonyl (C=O) groups excluding carboxylic acids is 1. The minimum atomic E-state index is 0.0483. The lowest BCUT2D eigenvalue weighted by molar-refractivity contribution is -0.123. The molecule has 1 atom stereocenters. The Bertz CT molecular complexity index is 458. The maximum absolute atomic E-state index is 12.1. The zero-order valence-electron chi connectivity index (χ0n) is 14.3. The summed E-state index contributed by atoms with van der Waals surface area (Å²) in [4.78, 5) is 14.6. The van der Waals surface area contributed by atoms with Gasteiger partial charge in [-0.25, -0.2) is 0 Å². The Labute approximate surface area is 135 Å². The fourth-order valence-electron chi connectivity index (χ4n) is 3.10. The lowest BCUT2D eigenvalue weighted by Crippen LogP contribution is -2.44. The van der Waals surface area contributed by atoms with Crippen molar-refractivity contribution in [3.05, 3.63) is 35.9 Å². The van der Waals surface area contributed by atoms with E-state index in [1.54, 1.807) is 0 Å². The summed E-state index contributed by atoms with van der Waals surface area (Å²) in [7, 11) is 0. The molecular weight excluding hydrogens is 272 g/mol. The molecular formula is C19H30N2O. The Morgan fingerprint density at radius 3 is 2.41 bits per heavy atom. The van der Waals surface area contributed by atoms with Crippen LogP contribution in [0.5, 0.6) is 0 Å². The van der Waals surface area contributed by atoms with Crippen LogP contribution in [0.15, 0.2) is 30.3 Å². The number of benzene rings is 1. The smallest absolute Gasteiger partial charge is 0.220 e. The van der Waals surface area contributed by atoms with Crippen molar-refractivity contribution < 1.29 is 4.79 Å². The van der Waals surface area contributed by atoms with Crippen molar-refractivity contribution in [2.45, 2.75) is 52.5 Å². The average Bonchev–Trinajstić information content (AvgIpc) is 2.96. The van der Waals surface area contributed by atoms with Crippen LogP contribution in [0.25, 0.3) is 0 Å². The van der Waals surface area contributed by atoms with E-state index in [-0.39, 0.29) is 11.3 Å². The quantitative estimate of drug-likeness (QED) is 0.875. The Morgan fingerprint density at radius 1 is 1.18 bits per heavy atom. The summed E-state index contributed by atoms with van der Waals surface area (Å²) in [5.41, 5.74) is 1.40. The van der Waals surface area contributed by atoms with Gasteiger partial charge in [0, 0.05) is 19.0 Å². The first-order valence-corrected chi connectivity index (χ1v) is 8.49. The topological polar surface area (TPSA) is 32.3 Å². The Balaban J connectivity index is 1.91. The summed E-state index contributed by atoms with van der Waals surface area (Å²) in [5.74, 6) is 0.171. The maximum atomic E-state index is 12.1. The number of amides is 1. The van der Waals surface area contributed by atoms with Crippen LogP contribution in [0.4, 0.5) is 0 Å². The van der Waals surface area contributed by atoms with Crippen LogP contribution in [-0.2, 0) is 11.2 Å². The van der Waals surface area contributed by atoms with Crippen LogP contribution in [0.3, 0.4) is 0 Å². The molecule has 0 spiro atoms. The van der Waals surface area contributed by atoms with Gasteiger partial charge in [-0.3, -0.25) is 9.69 Å². The van der Waals surface area contributed by atoms with Crippen molar-refractivity contribution >= 4 is 5.91 Å². The fourth-order valence-corrected chi connectivity index (χ4v) is 3.10. The molecule has 2 rings (SSSR count). The zero-order chi connectivity index (χ0) is 16.0. The fraction of sp³-hybridized carbons (Fsp3) is 0.632. The molecule has 0 aliphatic carbocycles. The predicted molar refractivity (Wildman–Crippen MR) is 91.8 cm³/mol. The van der Waals surface area contributed by atoms with Gasteiger partial charge in [-0.15, -0.1) is 0 Å². The van der Waals surface area contributed by atoms with Crippen molar-refractivity contribution in [3.63, 3.8) is 0 Å². The van der Waals surface area contributed by atoms with Gasteiger partial charge >= 0.3 is 0 Å². The van der Waals surface area contributed by atoms with Crippen molar-refractivity contribution in [2.75, 3.05) is 19.6 Å². The minimum absolute atomic E-state index is 0.0483. The highest BCUT2D eigenvalue weighted by molar-refractivity contribution is 5.76. The van der Waals surface area contributed by atoms with E-state index in [0.717, 1.165) is 26.1 Å². The summed E-state index contributed by atoms with van der Waals surface area (Å²) >= 11 is 0. The van der Waals surface area contributed by atoms with E-state index in [0.29, 0.717) is 12.5 Å². The van der Waals surface area contributed by atoms with Gasteiger partial charge in [-0.05, 0) is 43.3 Å². The molecule has 3 nitrogen and oxygen atoms in total. The molecule has 1 aliphatic rings. The maximum Gasteiger partial charge on any atom is 0.220 e. The number of nitrogens with one attached hydrogen (secondary N) is 1. The van der Waals surface area contributed by atoms with E-state index in [4.69, 9.17) is 0 Å². The largest absolute Gasteiger partial charge is 0.355 e. The lowest BCUT2D eigenvalue weighted by atomic mass is 9.92. The molecule has 1 saturated heterocycles. The highest BCUT2D eigenvalue weighted by Crippen LogP contribution is 2.19. The molecule has 1 aromatic carbocycles. The Hall–Kier alpha value is -1.35. The number of hydrogen-bond acceptors (Lipinski definition) is 2. The number of hydrogen-bond donors (Lipinski definition) is 1. The average molecular weight is 302 g/mol. The van der Waals surface area contributed by atoms with Crippen LogP contribution in [0.2, 0.25) is 0 Å². The molecule has 1 unspecified atom stereocenters. The second-order valence-electron chi connectivity index (χ2n) is 7.63. The van der Waals surface area contributed by atoms with Crippen LogP contribution in [-0.4, -0.2) is 36.5 Å². The summed E-state index contributed by atoms with van der Waals surface area (Å²) in [6.45, 7) is 9.39. The first-order chi connectivity index (χ1) is 10.4. The molecule has 1 amide bonds.